The van der Waals surface area contributed by atoms with Gasteiger partial charge in [0, 0.05) is 6.08 Å². The number of carbonyl (C=O) groups excluding carboxylic acids is 1. The van der Waals surface area contributed by atoms with Crippen molar-refractivity contribution in [2.45, 2.75) is 58.3 Å². The van der Waals surface area contributed by atoms with Gasteiger partial charge >= 0.3 is 5.97 Å². The first-order chi connectivity index (χ1) is 8.31. The van der Waals surface area contributed by atoms with Crippen LogP contribution in [0.2, 0.25) is 0 Å². The van der Waals surface area contributed by atoms with E-state index in [1.54, 1.807) is 6.08 Å². The molecule has 0 amide bonds. The summed E-state index contributed by atoms with van der Waals surface area (Å²) in [6, 6.07) is 0. The molecule has 0 aliphatic carbocycles. The van der Waals surface area contributed by atoms with Crippen molar-refractivity contribution in [1.82, 2.24) is 0 Å². The van der Waals surface area contributed by atoms with E-state index in [1.165, 1.54) is 49.4 Å². The Labute approximate surface area is 119 Å². The Balaban J connectivity index is 3.15. The van der Waals surface area contributed by atoms with Gasteiger partial charge in [0.25, 0.3) is 0 Å². The number of rotatable bonds is 11. The Kier molecular flexibility index (Phi) is 14.0. The van der Waals surface area contributed by atoms with Gasteiger partial charge in [-0.2, -0.15) is 0 Å². The Hall–Kier alpha value is -0.0600. The minimum atomic E-state index is -0.216. The fourth-order valence-corrected chi connectivity index (χ4v) is 2.15. The van der Waals surface area contributed by atoms with Gasteiger partial charge in [0.15, 0.2) is 0 Å². The number of carbonyl (C=O) groups is 1. The maximum Gasteiger partial charge on any atom is 0.330 e. The summed E-state index contributed by atoms with van der Waals surface area (Å²) in [5, 5.41) is 0. The lowest BCUT2D eigenvalue weighted by atomic mass is 10.1. The number of unbranched alkanes of at least 4 members (excludes halogenated alkanes) is 7. The topological polar surface area (TPSA) is 26.3 Å². The van der Waals surface area contributed by atoms with E-state index < -0.39 is 0 Å². The molecule has 0 radical (unpaired) electrons. The highest BCUT2D eigenvalue weighted by Crippen LogP contribution is 2.09. The van der Waals surface area contributed by atoms with Gasteiger partial charge in [0.05, 0.1) is 6.61 Å². The molecular weight excluding hydrogens is 327 g/mol. The predicted molar refractivity (Wildman–Crippen MR) is 81.6 cm³/mol. The van der Waals surface area contributed by atoms with Crippen molar-refractivity contribution < 1.29 is 9.53 Å². The fourth-order valence-electron chi connectivity index (χ4n) is 1.61. The molecule has 0 aromatic carbocycles. The van der Waals surface area contributed by atoms with Gasteiger partial charge in [-0.25, -0.2) is 4.79 Å². The second-order valence-electron chi connectivity index (χ2n) is 4.11. The molecular formula is C14H25IO2. The van der Waals surface area contributed by atoms with Crippen LogP contribution >= 0.6 is 22.6 Å². The van der Waals surface area contributed by atoms with E-state index in [0.29, 0.717) is 6.61 Å². The van der Waals surface area contributed by atoms with Gasteiger partial charge < -0.3 is 4.74 Å². The van der Waals surface area contributed by atoms with E-state index in [-0.39, 0.29) is 5.97 Å². The number of hydrogen-bond donors (Lipinski definition) is 0. The zero-order valence-corrected chi connectivity index (χ0v) is 13.1. The van der Waals surface area contributed by atoms with Crippen LogP contribution in [0.15, 0.2) is 12.2 Å². The highest BCUT2D eigenvalue weighted by atomic mass is 127. The maximum absolute atomic E-state index is 11.0. The van der Waals surface area contributed by atoms with Crippen molar-refractivity contribution in [1.29, 1.82) is 0 Å². The van der Waals surface area contributed by atoms with Crippen LogP contribution < -0.4 is 0 Å². The summed E-state index contributed by atoms with van der Waals surface area (Å²) in [5.41, 5.74) is 0. The van der Waals surface area contributed by atoms with Gasteiger partial charge in [-0.1, -0.05) is 60.8 Å². The second kappa shape index (κ2) is 14.0. The minimum absolute atomic E-state index is 0.216. The van der Waals surface area contributed by atoms with Crippen molar-refractivity contribution in [3.8, 4) is 0 Å². The first-order valence-corrected chi connectivity index (χ1v) is 8.23. The number of esters is 1. The van der Waals surface area contributed by atoms with E-state index in [2.05, 4.69) is 22.6 Å². The third kappa shape index (κ3) is 13.9. The van der Waals surface area contributed by atoms with E-state index in [9.17, 15) is 4.79 Å². The molecule has 0 saturated carbocycles. The fraction of sp³-hybridized carbons (Fsp3) is 0.786. The van der Waals surface area contributed by atoms with Crippen LogP contribution in [0.5, 0.6) is 0 Å². The molecule has 0 fully saturated rings. The molecule has 0 aromatic rings. The van der Waals surface area contributed by atoms with Gasteiger partial charge in [-0.15, -0.1) is 0 Å². The first kappa shape index (κ1) is 16.9. The number of halogens is 1. The predicted octanol–water partition coefficient (Wildman–Crippen LogP) is 4.66. The molecule has 0 aromatic heterocycles. The van der Waals surface area contributed by atoms with Gasteiger partial charge in [0.1, 0.15) is 0 Å². The second-order valence-corrected chi connectivity index (χ2v) is 5.19. The third-order valence-electron chi connectivity index (χ3n) is 2.54. The summed E-state index contributed by atoms with van der Waals surface area (Å²) >= 11 is 2.44. The molecule has 0 bridgehead atoms. The summed E-state index contributed by atoms with van der Waals surface area (Å²) < 4.78 is 6.09. The van der Waals surface area contributed by atoms with Gasteiger partial charge in [-0.3, -0.25) is 0 Å². The quantitative estimate of drug-likeness (QED) is 0.178. The summed E-state index contributed by atoms with van der Waals surface area (Å²) in [5.74, 6) is -0.216. The zero-order valence-electron chi connectivity index (χ0n) is 10.9. The lowest BCUT2D eigenvalue weighted by Gasteiger charge is -1.99. The maximum atomic E-state index is 11.0. The molecule has 0 saturated heterocycles. The standard InChI is InChI=1S/C14H25IO2/c1-2-17-14(16)12-10-8-6-4-3-5-7-9-11-13-15/h10,12H,2-9,11,13H2,1H3. The van der Waals surface area contributed by atoms with Crippen molar-refractivity contribution in [3.63, 3.8) is 0 Å². The highest BCUT2D eigenvalue weighted by molar-refractivity contribution is 14.1. The molecule has 100 valence electrons. The van der Waals surface area contributed by atoms with Crippen LogP contribution in [-0.4, -0.2) is 17.0 Å². The molecule has 3 heteroatoms. The summed E-state index contributed by atoms with van der Waals surface area (Å²) in [6.45, 7) is 2.28. The summed E-state index contributed by atoms with van der Waals surface area (Å²) in [7, 11) is 0. The van der Waals surface area contributed by atoms with Crippen molar-refractivity contribution in [2.24, 2.45) is 0 Å². The summed E-state index contributed by atoms with van der Waals surface area (Å²) in [4.78, 5) is 11.0. The molecule has 17 heavy (non-hydrogen) atoms. The molecule has 0 aliphatic rings. The molecule has 0 heterocycles. The number of hydrogen-bond acceptors (Lipinski definition) is 2. The van der Waals surface area contributed by atoms with Crippen molar-refractivity contribution >= 4 is 28.6 Å². The average Bonchev–Trinajstić information content (AvgIpc) is 2.32. The monoisotopic (exact) mass is 352 g/mol. The lowest BCUT2D eigenvalue weighted by Crippen LogP contribution is -1.98. The third-order valence-corrected chi connectivity index (χ3v) is 3.31. The van der Waals surface area contributed by atoms with E-state index in [1.807, 2.05) is 13.0 Å². The Morgan fingerprint density at radius 2 is 1.65 bits per heavy atom. The van der Waals surface area contributed by atoms with Crippen molar-refractivity contribution in [2.75, 3.05) is 11.0 Å². The first-order valence-electron chi connectivity index (χ1n) is 6.70. The molecule has 0 rings (SSSR count). The van der Waals surface area contributed by atoms with E-state index >= 15 is 0 Å². The molecule has 0 aliphatic heterocycles. The van der Waals surface area contributed by atoms with Gasteiger partial charge in [-0.05, 0) is 30.6 Å². The molecule has 0 N–H and O–H groups in total. The van der Waals surface area contributed by atoms with E-state index in [4.69, 9.17) is 4.74 Å². The highest BCUT2D eigenvalue weighted by Gasteiger charge is 1.93. The molecule has 0 atom stereocenters. The molecule has 0 spiro atoms. The average molecular weight is 352 g/mol. The van der Waals surface area contributed by atoms with Crippen LogP contribution in [0.3, 0.4) is 0 Å². The largest absolute Gasteiger partial charge is 0.463 e. The molecule has 2 nitrogen and oxygen atoms in total. The number of allylic oxidation sites excluding steroid dienone is 1. The normalized spacial score (nSPS) is 10.9. The van der Waals surface area contributed by atoms with Crippen LogP contribution in [0, 0.1) is 0 Å². The Bertz CT molecular complexity index is 202. The van der Waals surface area contributed by atoms with Crippen LogP contribution in [-0.2, 0) is 9.53 Å². The van der Waals surface area contributed by atoms with Crippen LogP contribution in [0.25, 0.3) is 0 Å². The van der Waals surface area contributed by atoms with Crippen molar-refractivity contribution in [3.05, 3.63) is 12.2 Å². The SMILES string of the molecule is CCOC(=O)C=CCCCCCCCCCI. The van der Waals surface area contributed by atoms with E-state index in [0.717, 1.165) is 6.42 Å². The number of ether oxygens (including phenoxy) is 1. The smallest absolute Gasteiger partial charge is 0.330 e. The van der Waals surface area contributed by atoms with Crippen LogP contribution in [0.1, 0.15) is 58.3 Å². The minimum Gasteiger partial charge on any atom is -0.463 e. The Morgan fingerprint density at radius 3 is 2.24 bits per heavy atom. The lowest BCUT2D eigenvalue weighted by molar-refractivity contribution is -0.137. The van der Waals surface area contributed by atoms with Crippen LogP contribution in [0.4, 0.5) is 0 Å². The number of alkyl halides is 1. The zero-order chi connectivity index (χ0) is 12.8. The Morgan fingerprint density at radius 1 is 1.06 bits per heavy atom. The molecule has 0 unspecified atom stereocenters. The summed E-state index contributed by atoms with van der Waals surface area (Å²) in [6.07, 6.45) is 13.7. The van der Waals surface area contributed by atoms with Gasteiger partial charge in [0.2, 0.25) is 0 Å².